The average Bonchev–Trinajstić information content (AvgIpc) is 1.85. The molecule has 0 aliphatic heterocycles. The van der Waals surface area contributed by atoms with Gasteiger partial charge in [-0.25, -0.2) is 4.79 Å². The van der Waals surface area contributed by atoms with Crippen molar-refractivity contribution in [1.29, 1.82) is 0 Å². The largest absolute Gasteiger partial charge is 0.477 e. The van der Waals surface area contributed by atoms with Gasteiger partial charge in [-0.1, -0.05) is 0 Å². The lowest BCUT2D eigenvalue weighted by atomic mass is 10.4. The van der Waals surface area contributed by atoms with Gasteiger partial charge in [0.05, 0.1) is 0 Å². The van der Waals surface area contributed by atoms with Crippen LogP contribution in [0.5, 0.6) is 0 Å². The molecule has 58 valence electrons. The summed E-state index contributed by atoms with van der Waals surface area (Å²) in [4.78, 5) is 26.8. The van der Waals surface area contributed by atoms with E-state index >= 15 is 0 Å². The number of hydrogen-bond donors (Lipinski definition) is 2. The Morgan fingerprint density at radius 1 is 1.73 bits per heavy atom. The van der Waals surface area contributed by atoms with Crippen LogP contribution >= 0.6 is 0 Å². The maximum absolute atomic E-state index is 10.6. The third-order valence-corrected chi connectivity index (χ3v) is 1.09. The van der Waals surface area contributed by atoms with Crippen LogP contribution in [-0.4, -0.2) is 21.0 Å². The Kier molecular flexibility index (Phi) is 1.72. The number of carbonyl (C=O) groups is 1. The van der Waals surface area contributed by atoms with Gasteiger partial charge in [0.15, 0.2) is 0 Å². The van der Waals surface area contributed by atoms with Gasteiger partial charge in [-0.15, -0.1) is 0 Å². The topological polar surface area (TPSA) is 83.1 Å². The Morgan fingerprint density at radius 2 is 2.36 bits per heavy atom. The summed E-state index contributed by atoms with van der Waals surface area (Å²) in [5, 5.41) is 8.44. The number of aromatic amines is 1. The van der Waals surface area contributed by atoms with E-state index in [0.717, 1.165) is 6.07 Å². The maximum Gasteiger partial charge on any atom is 0.352 e. The zero-order chi connectivity index (χ0) is 8.43. The first kappa shape index (κ1) is 7.46. The van der Waals surface area contributed by atoms with Crippen LogP contribution in [0.1, 0.15) is 16.3 Å². The normalized spacial score (nSPS) is 9.55. The van der Waals surface area contributed by atoms with Gasteiger partial charge in [0.25, 0.3) is 5.56 Å². The van der Waals surface area contributed by atoms with Crippen molar-refractivity contribution >= 4 is 5.97 Å². The van der Waals surface area contributed by atoms with Crippen molar-refractivity contribution < 1.29 is 9.90 Å². The summed E-state index contributed by atoms with van der Waals surface area (Å²) in [5.41, 5.74) is -0.679. The third kappa shape index (κ3) is 1.64. The molecule has 5 heteroatoms. The molecule has 5 nitrogen and oxygen atoms in total. The van der Waals surface area contributed by atoms with Crippen molar-refractivity contribution in [2.24, 2.45) is 0 Å². The lowest BCUT2D eigenvalue weighted by Crippen LogP contribution is -2.13. The lowest BCUT2D eigenvalue weighted by molar-refractivity contribution is 0.0689. The number of aryl methyl sites for hydroxylation is 1. The number of hydrogen-bond acceptors (Lipinski definition) is 3. The highest BCUT2D eigenvalue weighted by atomic mass is 16.4. The number of aromatic carboxylic acids is 1. The first-order valence-electron chi connectivity index (χ1n) is 2.91. The number of aromatic nitrogens is 2. The second-order valence-electron chi connectivity index (χ2n) is 2.02. The molecule has 1 aromatic heterocycles. The molecule has 0 aromatic carbocycles. The third-order valence-electron chi connectivity index (χ3n) is 1.09. The summed E-state index contributed by atoms with van der Waals surface area (Å²) in [7, 11) is 0. The van der Waals surface area contributed by atoms with Gasteiger partial charge in [-0.2, -0.15) is 4.98 Å². The lowest BCUT2D eigenvalue weighted by Gasteiger charge is -1.94. The molecule has 0 radical (unpaired) electrons. The number of nitrogens with zero attached hydrogens (tertiary/aromatic N) is 1. The molecule has 0 fully saturated rings. The molecule has 0 amide bonds. The second-order valence-corrected chi connectivity index (χ2v) is 2.02. The van der Waals surface area contributed by atoms with E-state index in [1.807, 2.05) is 0 Å². The molecule has 0 bridgehead atoms. The van der Waals surface area contributed by atoms with E-state index in [1.54, 1.807) is 0 Å². The molecule has 0 aliphatic rings. The molecule has 2 N–H and O–H groups in total. The van der Waals surface area contributed by atoms with Crippen LogP contribution in [0.25, 0.3) is 0 Å². The van der Waals surface area contributed by atoms with Gasteiger partial charge < -0.3 is 10.1 Å². The van der Waals surface area contributed by atoms with E-state index < -0.39 is 11.5 Å². The van der Waals surface area contributed by atoms with Gasteiger partial charge in [0.1, 0.15) is 11.5 Å². The highest BCUT2D eigenvalue weighted by molar-refractivity contribution is 5.85. The molecule has 0 spiro atoms. The summed E-state index contributed by atoms with van der Waals surface area (Å²) >= 11 is 0. The quantitative estimate of drug-likeness (QED) is 0.585. The molecule has 11 heavy (non-hydrogen) atoms. The number of rotatable bonds is 1. The molecule has 1 rings (SSSR count). The molecule has 0 saturated carbocycles. The van der Waals surface area contributed by atoms with E-state index in [2.05, 4.69) is 9.97 Å². The SMILES string of the molecule is Cc1nc(=O)cc(C(=O)O)[nH]1. The Bertz CT molecular complexity index is 342. The second kappa shape index (κ2) is 2.53. The van der Waals surface area contributed by atoms with Crippen molar-refractivity contribution in [1.82, 2.24) is 9.97 Å². The molecular weight excluding hydrogens is 148 g/mol. The van der Waals surface area contributed by atoms with Crippen LogP contribution in [0, 0.1) is 6.92 Å². The predicted octanol–water partition coefficient (Wildman–Crippen LogP) is -0.223. The standard InChI is InChI=1S/C6H6N2O3/c1-3-7-4(6(10)11)2-5(9)8-3/h2H,1H3,(H,10,11)(H,7,8,9). The summed E-state index contributed by atoms with van der Waals surface area (Å²) < 4.78 is 0. The van der Waals surface area contributed by atoms with Gasteiger partial charge in [0.2, 0.25) is 0 Å². The van der Waals surface area contributed by atoms with Gasteiger partial charge >= 0.3 is 5.97 Å². The van der Waals surface area contributed by atoms with Crippen LogP contribution in [-0.2, 0) is 0 Å². The zero-order valence-electron chi connectivity index (χ0n) is 5.79. The molecular formula is C6H6N2O3. The average molecular weight is 154 g/mol. The van der Waals surface area contributed by atoms with Gasteiger partial charge in [-0.05, 0) is 6.92 Å². The molecule has 0 unspecified atom stereocenters. The number of nitrogens with one attached hydrogen (secondary N) is 1. The van der Waals surface area contributed by atoms with Crippen molar-refractivity contribution in [2.45, 2.75) is 6.92 Å². The van der Waals surface area contributed by atoms with Crippen molar-refractivity contribution in [2.75, 3.05) is 0 Å². The van der Waals surface area contributed by atoms with Gasteiger partial charge in [0, 0.05) is 6.07 Å². The fourth-order valence-electron chi connectivity index (χ4n) is 0.695. The fraction of sp³-hybridized carbons (Fsp3) is 0.167. The molecule has 0 atom stereocenters. The number of carboxylic acid groups (broad SMARTS) is 1. The Labute approximate surface area is 61.7 Å². The first-order valence-corrected chi connectivity index (χ1v) is 2.91. The zero-order valence-corrected chi connectivity index (χ0v) is 5.79. The molecule has 0 saturated heterocycles. The summed E-state index contributed by atoms with van der Waals surface area (Å²) in [6.07, 6.45) is 0. The smallest absolute Gasteiger partial charge is 0.352 e. The molecule has 1 aromatic rings. The minimum absolute atomic E-state index is 0.137. The predicted molar refractivity (Wildman–Crippen MR) is 36.6 cm³/mol. The minimum Gasteiger partial charge on any atom is -0.477 e. The van der Waals surface area contributed by atoms with E-state index in [4.69, 9.17) is 5.11 Å². The minimum atomic E-state index is -1.16. The molecule has 1 heterocycles. The fourth-order valence-corrected chi connectivity index (χ4v) is 0.695. The highest BCUT2D eigenvalue weighted by Gasteiger charge is 2.03. The van der Waals surface area contributed by atoms with Crippen molar-refractivity contribution in [3.8, 4) is 0 Å². The van der Waals surface area contributed by atoms with Crippen LogP contribution < -0.4 is 5.56 Å². The first-order chi connectivity index (χ1) is 5.09. The van der Waals surface area contributed by atoms with Crippen LogP contribution in [0.4, 0.5) is 0 Å². The van der Waals surface area contributed by atoms with E-state index in [9.17, 15) is 9.59 Å². The number of H-pyrrole nitrogens is 1. The van der Waals surface area contributed by atoms with Crippen LogP contribution in [0.3, 0.4) is 0 Å². The summed E-state index contributed by atoms with van der Waals surface area (Å²) in [6.45, 7) is 1.52. The van der Waals surface area contributed by atoms with Crippen LogP contribution in [0.2, 0.25) is 0 Å². The Hall–Kier alpha value is -1.65. The maximum atomic E-state index is 10.6. The Balaban J connectivity index is 3.30. The van der Waals surface area contributed by atoms with Gasteiger partial charge in [-0.3, -0.25) is 4.79 Å². The summed E-state index contributed by atoms with van der Waals surface area (Å²) in [5.74, 6) is -0.859. The monoisotopic (exact) mass is 154 g/mol. The van der Waals surface area contributed by atoms with E-state index in [0.29, 0.717) is 5.82 Å². The number of carboxylic acids is 1. The summed E-state index contributed by atoms with van der Waals surface area (Å²) in [6, 6.07) is 0.940. The van der Waals surface area contributed by atoms with Crippen molar-refractivity contribution in [3.63, 3.8) is 0 Å². The van der Waals surface area contributed by atoms with E-state index in [1.165, 1.54) is 6.92 Å². The highest BCUT2D eigenvalue weighted by Crippen LogP contribution is 1.89. The van der Waals surface area contributed by atoms with Crippen LogP contribution in [0.15, 0.2) is 10.9 Å². The van der Waals surface area contributed by atoms with Crippen molar-refractivity contribution in [3.05, 3.63) is 27.9 Å². The van der Waals surface area contributed by atoms with E-state index in [-0.39, 0.29) is 5.69 Å². The molecule has 0 aliphatic carbocycles. The Morgan fingerprint density at radius 3 is 2.82 bits per heavy atom.